The Labute approximate surface area is 154 Å². The predicted molar refractivity (Wildman–Crippen MR) is 107 cm³/mol. The van der Waals surface area contributed by atoms with E-state index in [1.807, 2.05) is 0 Å². The second-order valence-corrected chi connectivity index (χ2v) is 9.36. The number of piperidine rings is 1. The van der Waals surface area contributed by atoms with E-state index in [4.69, 9.17) is 0 Å². The first kappa shape index (κ1) is 17.4. The third kappa shape index (κ3) is 3.74. The summed E-state index contributed by atoms with van der Waals surface area (Å²) < 4.78 is 0. The quantitative estimate of drug-likeness (QED) is 0.749. The molecule has 1 aliphatic carbocycles. The number of likely N-dealkylation sites (tertiary alicyclic amines) is 1. The second-order valence-electron chi connectivity index (χ2n) is 9.36. The molecule has 1 unspecified atom stereocenters. The molecule has 1 N–H and O–H groups in total. The molecule has 1 saturated heterocycles. The highest BCUT2D eigenvalue weighted by molar-refractivity contribution is 5.56. The summed E-state index contributed by atoms with van der Waals surface area (Å²) in [7, 11) is 0. The molecule has 0 bridgehead atoms. The van der Waals surface area contributed by atoms with Gasteiger partial charge in [-0.1, -0.05) is 45.2 Å². The van der Waals surface area contributed by atoms with Gasteiger partial charge in [-0.05, 0) is 73.1 Å². The third-order valence-electron chi connectivity index (χ3n) is 7.15. The molecule has 1 aromatic carbocycles. The lowest BCUT2D eigenvalue weighted by molar-refractivity contribution is 0.0494. The van der Waals surface area contributed by atoms with Crippen molar-refractivity contribution in [1.82, 2.24) is 4.90 Å². The van der Waals surface area contributed by atoms with Crippen LogP contribution in [0.3, 0.4) is 0 Å². The minimum atomic E-state index is 0.659. The van der Waals surface area contributed by atoms with Gasteiger partial charge in [0.2, 0.25) is 0 Å². The maximum Gasteiger partial charge on any atom is 0.0375 e. The average Bonchev–Trinajstić information content (AvgIpc) is 2.62. The molecule has 1 atom stereocenters. The Kier molecular flexibility index (Phi) is 5.08. The lowest BCUT2D eigenvalue weighted by atomic mass is 9.69. The van der Waals surface area contributed by atoms with Crippen LogP contribution in [0.4, 0.5) is 5.69 Å². The van der Waals surface area contributed by atoms with Crippen molar-refractivity contribution in [2.24, 2.45) is 11.3 Å². The Bertz CT molecular complexity index is 580. The van der Waals surface area contributed by atoms with Crippen molar-refractivity contribution in [3.8, 4) is 0 Å². The van der Waals surface area contributed by atoms with Crippen molar-refractivity contribution in [2.45, 2.75) is 77.7 Å². The molecule has 1 saturated carbocycles. The van der Waals surface area contributed by atoms with Gasteiger partial charge in [0.1, 0.15) is 0 Å². The van der Waals surface area contributed by atoms with E-state index in [-0.39, 0.29) is 0 Å². The van der Waals surface area contributed by atoms with Gasteiger partial charge in [0.05, 0.1) is 0 Å². The first-order valence-electron chi connectivity index (χ1n) is 10.7. The fourth-order valence-corrected chi connectivity index (χ4v) is 5.80. The van der Waals surface area contributed by atoms with Crippen LogP contribution in [0, 0.1) is 11.3 Å². The van der Waals surface area contributed by atoms with Gasteiger partial charge < -0.3 is 5.32 Å². The summed E-state index contributed by atoms with van der Waals surface area (Å²) in [6.45, 7) is 9.68. The monoisotopic (exact) mass is 340 g/mol. The van der Waals surface area contributed by atoms with Crippen molar-refractivity contribution in [1.29, 1.82) is 0 Å². The second kappa shape index (κ2) is 7.31. The molecule has 0 aromatic heterocycles. The molecule has 2 heteroatoms. The molecule has 138 valence electrons. The van der Waals surface area contributed by atoms with Gasteiger partial charge in [-0.15, -0.1) is 0 Å². The van der Waals surface area contributed by atoms with Crippen LogP contribution >= 0.6 is 0 Å². The number of nitrogens with one attached hydrogen (secondary N) is 1. The average molecular weight is 341 g/mol. The minimum Gasteiger partial charge on any atom is -0.385 e. The molecule has 3 aliphatic rings. The van der Waals surface area contributed by atoms with Gasteiger partial charge in [0, 0.05) is 25.3 Å². The Balaban J connectivity index is 1.48. The summed E-state index contributed by atoms with van der Waals surface area (Å²) in [5.41, 5.74) is 5.15. The number of rotatable bonds is 3. The fraction of sp³-hybridized carbons (Fsp3) is 0.739. The number of fused-ring (bicyclic) bond motifs is 1. The summed E-state index contributed by atoms with van der Waals surface area (Å²) in [4.78, 5) is 2.76. The van der Waals surface area contributed by atoms with E-state index in [0.29, 0.717) is 5.41 Å². The van der Waals surface area contributed by atoms with E-state index in [1.165, 1.54) is 75.7 Å². The molecule has 2 heterocycles. The van der Waals surface area contributed by atoms with E-state index < -0.39 is 0 Å². The highest BCUT2D eigenvalue weighted by Crippen LogP contribution is 2.43. The van der Waals surface area contributed by atoms with Crippen molar-refractivity contribution < 1.29 is 0 Å². The Morgan fingerprint density at radius 2 is 1.92 bits per heavy atom. The zero-order valence-electron chi connectivity index (χ0n) is 16.3. The van der Waals surface area contributed by atoms with Gasteiger partial charge in [-0.3, -0.25) is 4.90 Å². The Hall–Kier alpha value is -1.02. The summed E-state index contributed by atoms with van der Waals surface area (Å²) in [5, 5.41) is 3.61. The molecule has 2 fully saturated rings. The lowest BCUT2D eigenvalue weighted by Gasteiger charge is -2.45. The van der Waals surface area contributed by atoms with Gasteiger partial charge >= 0.3 is 0 Å². The minimum absolute atomic E-state index is 0.659. The third-order valence-corrected chi connectivity index (χ3v) is 7.15. The predicted octanol–water partition coefficient (Wildman–Crippen LogP) is 5.79. The van der Waals surface area contributed by atoms with Gasteiger partial charge in [-0.25, -0.2) is 0 Å². The number of hydrogen-bond acceptors (Lipinski definition) is 2. The van der Waals surface area contributed by atoms with Crippen molar-refractivity contribution in [3.05, 3.63) is 29.3 Å². The van der Waals surface area contributed by atoms with Crippen molar-refractivity contribution >= 4 is 5.69 Å². The maximum absolute atomic E-state index is 3.61. The largest absolute Gasteiger partial charge is 0.385 e. The SMILES string of the molecule is CC(C)C1CCNc2ccc(CN3CCCC4(CCCCC4)C3)cc21. The molecule has 2 nitrogen and oxygen atoms in total. The molecule has 1 aromatic rings. The molecule has 4 rings (SSSR count). The zero-order valence-corrected chi connectivity index (χ0v) is 16.3. The Morgan fingerprint density at radius 1 is 1.12 bits per heavy atom. The molecule has 0 amide bonds. The maximum atomic E-state index is 3.61. The normalized spacial score (nSPS) is 26.4. The van der Waals surface area contributed by atoms with E-state index >= 15 is 0 Å². The number of anilines is 1. The number of nitrogens with zero attached hydrogens (tertiary/aromatic N) is 1. The van der Waals surface area contributed by atoms with E-state index in [2.05, 4.69) is 42.3 Å². The van der Waals surface area contributed by atoms with Crippen LogP contribution in [0.25, 0.3) is 0 Å². The summed E-state index contributed by atoms with van der Waals surface area (Å²) in [6.07, 6.45) is 11.5. The number of hydrogen-bond donors (Lipinski definition) is 1. The zero-order chi connectivity index (χ0) is 17.3. The highest BCUT2D eigenvalue weighted by atomic mass is 15.1. The summed E-state index contributed by atoms with van der Waals surface area (Å²) >= 11 is 0. The van der Waals surface area contributed by atoms with Crippen LogP contribution in [-0.4, -0.2) is 24.5 Å². The van der Waals surface area contributed by atoms with Gasteiger partial charge in [0.25, 0.3) is 0 Å². The fourth-order valence-electron chi connectivity index (χ4n) is 5.80. The van der Waals surface area contributed by atoms with Crippen LogP contribution in [0.5, 0.6) is 0 Å². The Morgan fingerprint density at radius 3 is 2.72 bits per heavy atom. The van der Waals surface area contributed by atoms with Gasteiger partial charge in [-0.2, -0.15) is 0 Å². The highest BCUT2D eigenvalue weighted by Gasteiger charge is 2.36. The molecule has 0 radical (unpaired) electrons. The molecule has 1 spiro atoms. The lowest BCUT2D eigenvalue weighted by Crippen LogP contribution is -2.43. The smallest absolute Gasteiger partial charge is 0.0375 e. The topological polar surface area (TPSA) is 15.3 Å². The van der Waals surface area contributed by atoms with Crippen LogP contribution in [-0.2, 0) is 6.54 Å². The van der Waals surface area contributed by atoms with Crippen LogP contribution < -0.4 is 5.32 Å². The van der Waals surface area contributed by atoms with Crippen molar-refractivity contribution in [2.75, 3.05) is 25.0 Å². The van der Waals surface area contributed by atoms with Crippen LogP contribution in [0.2, 0.25) is 0 Å². The van der Waals surface area contributed by atoms with E-state index in [9.17, 15) is 0 Å². The first-order valence-corrected chi connectivity index (χ1v) is 10.7. The summed E-state index contributed by atoms with van der Waals surface area (Å²) in [6, 6.07) is 7.24. The molecular weight excluding hydrogens is 304 g/mol. The molecule has 25 heavy (non-hydrogen) atoms. The van der Waals surface area contributed by atoms with Crippen LogP contribution in [0.1, 0.15) is 82.3 Å². The van der Waals surface area contributed by atoms with Gasteiger partial charge in [0.15, 0.2) is 0 Å². The van der Waals surface area contributed by atoms with Crippen molar-refractivity contribution in [3.63, 3.8) is 0 Å². The standard InChI is InChI=1S/C23H36N2/c1-18(2)20-9-13-24-22-8-7-19(15-21(20)22)16-25-14-6-12-23(17-25)10-4-3-5-11-23/h7-8,15,18,20,24H,3-6,9-14,16-17H2,1-2H3. The number of benzene rings is 1. The molecule has 2 aliphatic heterocycles. The molecular formula is C23H36N2. The van der Waals surface area contributed by atoms with E-state index in [0.717, 1.165) is 24.9 Å². The first-order chi connectivity index (χ1) is 12.2. The summed E-state index contributed by atoms with van der Waals surface area (Å²) in [5.74, 6) is 1.46. The van der Waals surface area contributed by atoms with Crippen LogP contribution in [0.15, 0.2) is 18.2 Å². The van der Waals surface area contributed by atoms with E-state index in [1.54, 1.807) is 5.56 Å².